The number of likely N-dealkylation sites (N-methyl/N-ethyl adjacent to an activating group) is 1. The molecule has 1 aromatic carbocycles. The lowest BCUT2D eigenvalue weighted by Crippen LogP contribution is -2.59. The minimum atomic E-state index is -1.38. The molecule has 6 atom stereocenters. The molecule has 0 radical (unpaired) electrons. The highest BCUT2D eigenvalue weighted by molar-refractivity contribution is 6.34. The Kier molecular flexibility index (Phi) is 6.28. The number of likely N-dealkylation sites (tertiary alicyclic amines) is 1. The normalized spacial score (nSPS) is 34.0. The molecule has 0 aliphatic carbocycles. The van der Waals surface area contributed by atoms with E-state index in [-0.39, 0.29) is 36.8 Å². The van der Waals surface area contributed by atoms with E-state index in [9.17, 15) is 19.5 Å². The van der Waals surface area contributed by atoms with Crippen LogP contribution in [0.4, 0.5) is 5.69 Å². The van der Waals surface area contributed by atoms with Gasteiger partial charge in [0.15, 0.2) is 0 Å². The first-order valence-electron chi connectivity index (χ1n) is 12.8. The summed E-state index contributed by atoms with van der Waals surface area (Å²) in [5.41, 5.74) is -1.05. The van der Waals surface area contributed by atoms with E-state index in [0.29, 0.717) is 17.3 Å². The Morgan fingerprint density at radius 1 is 1.08 bits per heavy atom. The smallest absolute Gasteiger partial charge is 0.253 e. The van der Waals surface area contributed by atoms with Gasteiger partial charge in [0, 0.05) is 20.1 Å². The second-order valence-corrected chi connectivity index (χ2v) is 11.5. The molecule has 9 heteroatoms. The maximum Gasteiger partial charge on any atom is 0.253 e. The first-order valence-corrected chi connectivity index (χ1v) is 13.2. The highest BCUT2D eigenvalue weighted by Gasteiger charge is 2.75. The minimum Gasteiger partial charge on any atom is -0.394 e. The topological polar surface area (TPSA) is 90.4 Å². The molecule has 3 amide bonds. The van der Waals surface area contributed by atoms with Gasteiger partial charge < -0.3 is 24.5 Å². The lowest BCUT2D eigenvalue weighted by Gasteiger charge is -2.41. The van der Waals surface area contributed by atoms with Crippen molar-refractivity contribution in [1.29, 1.82) is 0 Å². The number of aryl methyl sites for hydroxylation is 1. The summed E-state index contributed by atoms with van der Waals surface area (Å²) < 4.78 is 6.79. The average Bonchev–Trinajstić information content (AvgIpc) is 3.11. The molecule has 1 spiro atoms. The molecular formula is C28H34ClN3O5. The van der Waals surface area contributed by atoms with Crippen molar-refractivity contribution < 1.29 is 24.2 Å². The number of ether oxygens (including phenoxy) is 1. The molecule has 0 saturated carbocycles. The van der Waals surface area contributed by atoms with Crippen LogP contribution in [0.2, 0.25) is 5.02 Å². The van der Waals surface area contributed by atoms with Crippen LogP contribution in [0.5, 0.6) is 0 Å². The first-order chi connectivity index (χ1) is 17.5. The minimum absolute atomic E-state index is 0.140. The van der Waals surface area contributed by atoms with Crippen molar-refractivity contribution in [3.63, 3.8) is 0 Å². The number of aliphatic hydroxyl groups is 1. The highest BCUT2D eigenvalue weighted by atomic mass is 35.5. The van der Waals surface area contributed by atoms with Gasteiger partial charge >= 0.3 is 0 Å². The van der Waals surface area contributed by atoms with Crippen LogP contribution in [-0.4, -0.2) is 82.7 Å². The number of carbonyl (C=O) groups excluding carboxylic acids is 3. The van der Waals surface area contributed by atoms with Gasteiger partial charge in [0.05, 0.1) is 40.8 Å². The summed E-state index contributed by atoms with van der Waals surface area (Å²) in [4.78, 5) is 47.2. The number of rotatable bonds is 4. The lowest BCUT2D eigenvalue weighted by molar-refractivity contribution is -0.151. The van der Waals surface area contributed by atoms with Crippen LogP contribution in [0, 0.1) is 24.7 Å². The maximum absolute atomic E-state index is 14.6. The van der Waals surface area contributed by atoms with E-state index in [1.54, 1.807) is 29.0 Å². The summed E-state index contributed by atoms with van der Waals surface area (Å²) in [6.07, 6.45) is 7.37. The Labute approximate surface area is 222 Å². The number of anilines is 1. The Morgan fingerprint density at radius 2 is 1.78 bits per heavy atom. The number of benzene rings is 1. The van der Waals surface area contributed by atoms with E-state index in [0.717, 1.165) is 5.56 Å². The predicted octanol–water partition coefficient (Wildman–Crippen LogP) is 2.57. The van der Waals surface area contributed by atoms with Gasteiger partial charge in [-0.15, -0.1) is 0 Å². The van der Waals surface area contributed by atoms with Gasteiger partial charge in [-0.2, -0.15) is 0 Å². The van der Waals surface area contributed by atoms with Crippen LogP contribution in [0.1, 0.15) is 26.3 Å². The number of nitrogens with zero attached hydrogens (tertiary/aromatic N) is 3. The fourth-order valence-corrected chi connectivity index (χ4v) is 7.05. The van der Waals surface area contributed by atoms with Gasteiger partial charge in [-0.05, 0) is 31.4 Å². The second kappa shape index (κ2) is 8.96. The summed E-state index contributed by atoms with van der Waals surface area (Å²) in [6, 6.07) is 3.74. The number of aliphatic hydroxyl groups excluding tert-OH is 1. The first kappa shape index (κ1) is 25.9. The van der Waals surface area contributed by atoms with Crippen molar-refractivity contribution in [3.8, 4) is 0 Å². The van der Waals surface area contributed by atoms with Gasteiger partial charge in [0.25, 0.3) is 5.91 Å². The Bertz CT molecular complexity index is 1190. The van der Waals surface area contributed by atoms with Gasteiger partial charge in [0.2, 0.25) is 11.8 Å². The Morgan fingerprint density at radius 3 is 2.43 bits per heavy atom. The van der Waals surface area contributed by atoms with E-state index in [4.69, 9.17) is 16.3 Å². The number of hydrogen-bond acceptors (Lipinski definition) is 5. The summed E-state index contributed by atoms with van der Waals surface area (Å²) >= 11 is 6.59. The quantitative estimate of drug-likeness (QED) is 0.608. The summed E-state index contributed by atoms with van der Waals surface area (Å²) in [5.74, 6) is -2.76. The zero-order valence-corrected chi connectivity index (χ0v) is 22.6. The fourth-order valence-electron chi connectivity index (χ4n) is 6.73. The fraction of sp³-hybridized carbons (Fsp3) is 0.536. The van der Waals surface area contributed by atoms with Crippen molar-refractivity contribution in [2.75, 3.05) is 31.6 Å². The monoisotopic (exact) mass is 527 g/mol. The maximum atomic E-state index is 14.6. The van der Waals surface area contributed by atoms with Crippen molar-refractivity contribution in [1.82, 2.24) is 9.80 Å². The summed E-state index contributed by atoms with van der Waals surface area (Å²) in [7, 11) is 1.71. The van der Waals surface area contributed by atoms with E-state index in [1.165, 1.54) is 4.90 Å². The van der Waals surface area contributed by atoms with Gasteiger partial charge in [-0.1, -0.05) is 61.9 Å². The zero-order chi connectivity index (χ0) is 26.9. The molecule has 2 saturated heterocycles. The van der Waals surface area contributed by atoms with Gasteiger partial charge in [-0.3, -0.25) is 14.4 Å². The number of carbonyl (C=O) groups is 3. The molecule has 8 nitrogen and oxygen atoms in total. The molecule has 4 aliphatic rings. The number of hydrogen-bond donors (Lipinski definition) is 1. The van der Waals surface area contributed by atoms with Crippen molar-refractivity contribution in [2.45, 2.75) is 51.0 Å². The van der Waals surface area contributed by atoms with Crippen molar-refractivity contribution >= 4 is 35.0 Å². The third-order valence-corrected chi connectivity index (χ3v) is 8.77. The largest absolute Gasteiger partial charge is 0.394 e. The van der Waals surface area contributed by atoms with Crippen LogP contribution < -0.4 is 4.90 Å². The number of amides is 3. The third-order valence-electron chi connectivity index (χ3n) is 8.47. The second-order valence-electron chi connectivity index (χ2n) is 11.1. The molecule has 1 N–H and O–H groups in total. The van der Waals surface area contributed by atoms with E-state index in [1.807, 2.05) is 58.1 Å². The molecule has 5 rings (SSSR count). The number of halogens is 1. The van der Waals surface area contributed by atoms with Crippen molar-refractivity contribution in [3.05, 3.63) is 53.1 Å². The SMILES string of the molecule is Cc1cccc(Cl)c1N1CC=C[C@]23O[C@@]4(C)C=CCN(C)C(=O)[C@H]4[C@H]2C(=O)N([C@@H](CO)C(C)C)C3C1=O. The molecule has 198 valence electrons. The highest BCUT2D eigenvalue weighted by Crippen LogP contribution is 2.58. The zero-order valence-electron chi connectivity index (χ0n) is 21.8. The summed E-state index contributed by atoms with van der Waals surface area (Å²) in [6.45, 7) is 7.83. The number of para-hydroxylation sites is 1. The van der Waals surface area contributed by atoms with E-state index >= 15 is 0 Å². The molecule has 1 aromatic rings. The molecule has 37 heavy (non-hydrogen) atoms. The molecular weight excluding hydrogens is 494 g/mol. The van der Waals surface area contributed by atoms with E-state index < -0.39 is 35.1 Å². The molecule has 0 bridgehead atoms. The van der Waals surface area contributed by atoms with E-state index in [2.05, 4.69) is 0 Å². The average molecular weight is 528 g/mol. The van der Waals surface area contributed by atoms with Crippen LogP contribution >= 0.6 is 11.6 Å². The molecule has 4 aliphatic heterocycles. The van der Waals surface area contributed by atoms with Crippen LogP contribution in [0.15, 0.2) is 42.5 Å². The van der Waals surface area contributed by atoms with Crippen LogP contribution in [0.3, 0.4) is 0 Å². The molecule has 4 heterocycles. The van der Waals surface area contributed by atoms with Crippen LogP contribution in [-0.2, 0) is 19.1 Å². The molecule has 1 unspecified atom stereocenters. The third kappa shape index (κ3) is 3.60. The van der Waals surface area contributed by atoms with Gasteiger partial charge in [-0.25, -0.2) is 0 Å². The number of fused-ring (bicyclic) bond motifs is 2. The predicted molar refractivity (Wildman–Crippen MR) is 140 cm³/mol. The molecule has 2 fully saturated rings. The lowest BCUT2D eigenvalue weighted by atomic mass is 9.74. The van der Waals surface area contributed by atoms with Gasteiger partial charge in [0.1, 0.15) is 11.6 Å². The summed E-state index contributed by atoms with van der Waals surface area (Å²) in [5, 5.41) is 10.8. The molecule has 0 aromatic heterocycles. The van der Waals surface area contributed by atoms with Crippen molar-refractivity contribution in [2.24, 2.45) is 17.8 Å². The standard InChI is InChI=1S/C28H34ClN3O5/c1-16(2)19(15-33)32-23-26(36)31(22-17(3)9-6-10-18(22)29)14-8-12-28(23)21(25(32)35)20-24(34)30(5)13-7-11-27(20,4)37-28/h6-12,16,19-21,23,33H,13-15H2,1-5H3/t19-,20+,21-,23?,27-,28-/m0/s1. The Balaban J connectivity index is 1.72. The Hall–Kier alpha value is -2.68. The van der Waals surface area contributed by atoms with Crippen LogP contribution in [0.25, 0.3) is 0 Å².